The van der Waals surface area contributed by atoms with Crippen LogP contribution in [0.1, 0.15) is 43.7 Å². The molecule has 2 nitrogen and oxygen atoms in total. The van der Waals surface area contributed by atoms with E-state index >= 15 is 0 Å². The highest BCUT2D eigenvalue weighted by Crippen LogP contribution is 2.36. The quantitative estimate of drug-likeness (QED) is 0.462. The lowest BCUT2D eigenvalue weighted by molar-refractivity contribution is 0.343. The van der Waals surface area contributed by atoms with Gasteiger partial charge in [-0.1, -0.05) is 31.9 Å². The van der Waals surface area contributed by atoms with Crippen molar-refractivity contribution in [2.75, 3.05) is 6.61 Å². The molecule has 1 aromatic rings. The summed E-state index contributed by atoms with van der Waals surface area (Å²) in [6.45, 7) is 4.25. The first kappa shape index (κ1) is 12.9. The fourth-order valence-electron chi connectivity index (χ4n) is 2.38. The van der Waals surface area contributed by atoms with Crippen molar-refractivity contribution in [2.45, 2.75) is 38.0 Å². The molecule has 0 N–H and O–H groups in total. The van der Waals surface area contributed by atoms with E-state index in [0.29, 0.717) is 12.5 Å². The number of nitrogens with zero attached hydrogens (tertiary/aromatic N) is 1. The molecule has 1 fully saturated rings. The van der Waals surface area contributed by atoms with Crippen molar-refractivity contribution >= 4 is 22.6 Å². The number of pyridine rings is 1. The van der Waals surface area contributed by atoms with Crippen molar-refractivity contribution in [1.82, 2.24) is 4.98 Å². The summed E-state index contributed by atoms with van der Waals surface area (Å²) in [5.74, 6) is 1.52. The molecular weight excluding hydrogens is 325 g/mol. The van der Waals surface area contributed by atoms with Crippen LogP contribution in [-0.4, -0.2) is 11.6 Å². The van der Waals surface area contributed by atoms with Crippen LogP contribution in [0.15, 0.2) is 24.8 Å². The lowest BCUT2D eigenvalue weighted by atomic mass is 9.86. The molecular formula is C14H18INO. The van der Waals surface area contributed by atoms with Gasteiger partial charge in [-0.15, -0.1) is 0 Å². The van der Waals surface area contributed by atoms with Gasteiger partial charge in [0, 0.05) is 5.92 Å². The van der Waals surface area contributed by atoms with Crippen LogP contribution >= 0.6 is 22.6 Å². The van der Waals surface area contributed by atoms with E-state index in [1.165, 1.54) is 32.1 Å². The predicted octanol–water partition coefficient (Wildman–Crippen LogP) is 4.30. The van der Waals surface area contributed by atoms with Crippen LogP contribution in [0.25, 0.3) is 0 Å². The van der Waals surface area contributed by atoms with Gasteiger partial charge in [-0.25, -0.2) is 4.98 Å². The summed E-state index contributed by atoms with van der Waals surface area (Å²) in [6.07, 6.45) is 8.28. The predicted molar refractivity (Wildman–Crippen MR) is 78.5 cm³/mol. The molecule has 1 aliphatic rings. The zero-order valence-corrected chi connectivity index (χ0v) is 12.2. The first-order valence-corrected chi connectivity index (χ1v) is 7.29. The van der Waals surface area contributed by atoms with Crippen molar-refractivity contribution < 1.29 is 4.74 Å². The van der Waals surface area contributed by atoms with Gasteiger partial charge in [-0.05, 0) is 47.6 Å². The minimum absolute atomic E-state index is 0.558. The maximum absolute atomic E-state index is 5.71. The van der Waals surface area contributed by atoms with Gasteiger partial charge in [0.25, 0.3) is 0 Å². The zero-order chi connectivity index (χ0) is 12.1. The van der Waals surface area contributed by atoms with Gasteiger partial charge >= 0.3 is 0 Å². The fraction of sp³-hybridized carbons (Fsp3) is 0.500. The highest BCUT2D eigenvalue weighted by Gasteiger charge is 2.20. The van der Waals surface area contributed by atoms with Crippen molar-refractivity contribution in [1.29, 1.82) is 0 Å². The second kappa shape index (κ2) is 6.38. The zero-order valence-electron chi connectivity index (χ0n) is 9.99. The molecule has 92 valence electrons. The molecule has 0 aliphatic heterocycles. The molecule has 0 saturated heterocycles. The van der Waals surface area contributed by atoms with Gasteiger partial charge in [0.1, 0.15) is 16.1 Å². The molecule has 2 rings (SSSR count). The molecule has 1 aliphatic carbocycles. The normalized spacial score (nSPS) is 16.8. The number of hydrogen-bond donors (Lipinski definition) is 0. The van der Waals surface area contributed by atoms with Crippen LogP contribution in [0.2, 0.25) is 0 Å². The lowest BCUT2D eigenvalue weighted by Crippen LogP contribution is -2.10. The molecule has 0 spiro atoms. The van der Waals surface area contributed by atoms with Crippen LogP contribution < -0.4 is 4.74 Å². The van der Waals surface area contributed by atoms with E-state index in [2.05, 4.69) is 34.2 Å². The van der Waals surface area contributed by atoms with Crippen molar-refractivity contribution in [3.05, 3.63) is 34.2 Å². The van der Waals surface area contributed by atoms with E-state index in [-0.39, 0.29) is 0 Å². The number of rotatable bonds is 4. The van der Waals surface area contributed by atoms with Crippen LogP contribution in [0, 0.1) is 3.70 Å². The van der Waals surface area contributed by atoms with E-state index < -0.39 is 0 Å². The minimum Gasteiger partial charge on any atom is -0.488 e. The summed E-state index contributed by atoms with van der Waals surface area (Å²) in [5, 5.41) is 0. The number of halogens is 1. The van der Waals surface area contributed by atoms with Gasteiger partial charge in [0.05, 0.1) is 5.69 Å². The van der Waals surface area contributed by atoms with E-state index in [4.69, 9.17) is 4.74 Å². The summed E-state index contributed by atoms with van der Waals surface area (Å²) in [4.78, 5) is 4.68. The molecule has 1 aromatic heterocycles. The Morgan fingerprint density at radius 3 is 2.82 bits per heavy atom. The summed E-state index contributed by atoms with van der Waals surface area (Å²) in [6, 6.07) is 4.05. The monoisotopic (exact) mass is 343 g/mol. The third kappa shape index (κ3) is 3.44. The maximum Gasteiger partial charge on any atom is 0.141 e. The summed E-state index contributed by atoms with van der Waals surface area (Å²) in [7, 11) is 0. The van der Waals surface area contributed by atoms with Gasteiger partial charge in [0.2, 0.25) is 0 Å². The second-order valence-corrected chi connectivity index (χ2v) is 5.56. The molecule has 0 bridgehead atoms. The van der Waals surface area contributed by atoms with Crippen LogP contribution in [0.4, 0.5) is 0 Å². The molecule has 3 heteroatoms. The summed E-state index contributed by atoms with van der Waals surface area (Å²) in [5.41, 5.74) is 1.15. The van der Waals surface area contributed by atoms with Gasteiger partial charge in [-0.2, -0.15) is 0 Å². The summed E-state index contributed by atoms with van der Waals surface area (Å²) < 4.78 is 6.76. The Bertz CT molecular complexity index is 386. The topological polar surface area (TPSA) is 22.1 Å². The smallest absolute Gasteiger partial charge is 0.141 e. The Morgan fingerprint density at radius 1 is 1.35 bits per heavy atom. The largest absolute Gasteiger partial charge is 0.488 e. The first-order chi connectivity index (χ1) is 8.31. The van der Waals surface area contributed by atoms with E-state index in [9.17, 15) is 0 Å². The molecule has 1 saturated carbocycles. The average Bonchev–Trinajstić information content (AvgIpc) is 2.38. The Kier molecular flexibility index (Phi) is 4.83. The van der Waals surface area contributed by atoms with Crippen LogP contribution in [0.5, 0.6) is 5.75 Å². The molecule has 0 aromatic carbocycles. The molecule has 0 unspecified atom stereocenters. The van der Waals surface area contributed by atoms with Crippen molar-refractivity contribution in [3.8, 4) is 5.75 Å². The SMILES string of the molecule is C=CCOc1ccc(I)nc1C1CCCCC1. The Morgan fingerprint density at radius 2 is 2.12 bits per heavy atom. The Balaban J connectivity index is 2.21. The molecule has 0 radical (unpaired) electrons. The molecule has 0 amide bonds. The third-order valence-electron chi connectivity index (χ3n) is 3.20. The standard InChI is InChI=1S/C14H18INO/c1-2-10-17-12-8-9-13(15)16-14(12)11-6-4-3-5-7-11/h2,8-9,11H,1,3-7,10H2. The third-order valence-corrected chi connectivity index (χ3v) is 3.80. The Labute approximate surface area is 117 Å². The highest BCUT2D eigenvalue weighted by molar-refractivity contribution is 14.1. The minimum atomic E-state index is 0.558. The van der Waals surface area contributed by atoms with E-state index in [1.807, 2.05) is 12.1 Å². The Hall–Kier alpha value is -0.580. The van der Waals surface area contributed by atoms with Gasteiger partial charge in [0.15, 0.2) is 0 Å². The number of hydrogen-bond acceptors (Lipinski definition) is 2. The van der Waals surface area contributed by atoms with Crippen LogP contribution in [-0.2, 0) is 0 Å². The van der Waals surface area contributed by atoms with E-state index in [0.717, 1.165) is 15.1 Å². The van der Waals surface area contributed by atoms with Crippen LogP contribution in [0.3, 0.4) is 0 Å². The fourth-order valence-corrected chi connectivity index (χ4v) is 2.82. The number of aromatic nitrogens is 1. The molecule has 1 heterocycles. The number of ether oxygens (including phenoxy) is 1. The van der Waals surface area contributed by atoms with Gasteiger partial charge in [-0.3, -0.25) is 0 Å². The first-order valence-electron chi connectivity index (χ1n) is 6.21. The second-order valence-electron chi connectivity index (χ2n) is 4.45. The lowest BCUT2D eigenvalue weighted by Gasteiger charge is -2.23. The molecule has 0 atom stereocenters. The van der Waals surface area contributed by atoms with Crippen molar-refractivity contribution in [3.63, 3.8) is 0 Å². The maximum atomic E-state index is 5.71. The van der Waals surface area contributed by atoms with Crippen molar-refractivity contribution in [2.24, 2.45) is 0 Å². The average molecular weight is 343 g/mol. The van der Waals surface area contributed by atoms with E-state index in [1.54, 1.807) is 6.08 Å². The van der Waals surface area contributed by atoms with Gasteiger partial charge < -0.3 is 4.74 Å². The summed E-state index contributed by atoms with van der Waals surface area (Å²) >= 11 is 2.27. The molecule has 17 heavy (non-hydrogen) atoms. The highest BCUT2D eigenvalue weighted by atomic mass is 127.